The number of oxazole rings is 1. The summed E-state index contributed by atoms with van der Waals surface area (Å²) in [5.41, 5.74) is 0.142. The van der Waals surface area contributed by atoms with Gasteiger partial charge in [0.1, 0.15) is 5.56 Å². The molecule has 7 heteroatoms. The van der Waals surface area contributed by atoms with Crippen molar-refractivity contribution in [2.45, 2.75) is 13.0 Å². The molecule has 100 valence electrons. The van der Waals surface area contributed by atoms with Crippen molar-refractivity contribution >= 4 is 17.3 Å². The molecule has 1 atom stereocenters. The zero-order valence-electron chi connectivity index (χ0n) is 10.4. The number of hydrogen-bond donors (Lipinski definition) is 1. The lowest BCUT2D eigenvalue weighted by atomic mass is 10.1. The second-order valence-electron chi connectivity index (χ2n) is 3.96. The predicted octanol–water partition coefficient (Wildman–Crippen LogP) is 3.18. The van der Waals surface area contributed by atoms with E-state index < -0.39 is 4.92 Å². The first kappa shape index (κ1) is 13.5. The van der Waals surface area contributed by atoms with Crippen LogP contribution in [0.2, 0.25) is 5.02 Å². The summed E-state index contributed by atoms with van der Waals surface area (Å²) in [6, 6.07) is 4.39. The van der Waals surface area contributed by atoms with Gasteiger partial charge in [-0.05, 0) is 20.0 Å². The molecule has 0 spiro atoms. The van der Waals surface area contributed by atoms with Crippen molar-refractivity contribution in [1.29, 1.82) is 0 Å². The molecule has 1 aromatic carbocycles. The molecule has 2 aromatic rings. The minimum Gasteiger partial charge on any atom is -0.439 e. The van der Waals surface area contributed by atoms with E-state index in [0.717, 1.165) is 0 Å². The molecule has 0 amide bonds. The number of aromatic nitrogens is 1. The van der Waals surface area contributed by atoms with E-state index in [0.29, 0.717) is 5.89 Å². The number of halogens is 1. The minimum atomic E-state index is -0.495. The van der Waals surface area contributed by atoms with Gasteiger partial charge in [-0.3, -0.25) is 10.1 Å². The second-order valence-corrected chi connectivity index (χ2v) is 4.37. The Bertz CT molecular complexity index is 612. The first-order valence-electron chi connectivity index (χ1n) is 5.61. The van der Waals surface area contributed by atoms with Crippen LogP contribution in [0.5, 0.6) is 0 Å². The number of nitrogens with zero attached hydrogens (tertiary/aromatic N) is 2. The Morgan fingerprint density at radius 1 is 1.53 bits per heavy atom. The summed E-state index contributed by atoms with van der Waals surface area (Å²) in [5.74, 6) is 0.737. The molecule has 6 nitrogen and oxygen atoms in total. The van der Waals surface area contributed by atoms with E-state index in [1.165, 1.54) is 18.3 Å². The Labute approximate surface area is 114 Å². The number of nitro groups is 1. The summed E-state index contributed by atoms with van der Waals surface area (Å²) in [7, 11) is 1.77. The van der Waals surface area contributed by atoms with Crippen LogP contribution in [-0.4, -0.2) is 17.0 Å². The average molecular weight is 282 g/mol. The molecule has 0 saturated carbocycles. The second kappa shape index (κ2) is 5.38. The predicted molar refractivity (Wildman–Crippen MR) is 71.1 cm³/mol. The molecule has 1 N–H and O–H groups in total. The Kier molecular flexibility index (Phi) is 3.82. The van der Waals surface area contributed by atoms with Gasteiger partial charge < -0.3 is 9.73 Å². The van der Waals surface area contributed by atoms with Crippen LogP contribution in [0, 0.1) is 10.1 Å². The Morgan fingerprint density at radius 2 is 2.26 bits per heavy atom. The number of benzene rings is 1. The molecule has 1 heterocycles. The largest absolute Gasteiger partial charge is 0.439 e. The summed E-state index contributed by atoms with van der Waals surface area (Å²) >= 11 is 6.02. The van der Waals surface area contributed by atoms with Crippen molar-refractivity contribution in [3.8, 4) is 11.3 Å². The van der Waals surface area contributed by atoms with Crippen LogP contribution in [0.3, 0.4) is 0 Å². The summed E-state index contributed by atoms with van der Waals surface area (Å²) in [5, 5.41) is 14.2. The average Bonchev–Trinajstić information content (AvgIpc) is 2.86. The van der Waals surface area contributed by atoms with Gasteiger partial charge in [-0.2, -0.15) is 0 Å². The first-order chi connectivity index (χ1) is 9.04. The van der Waals surface area contributed by atoms with Gasteiger partial charge in [0.25, 0.3) is 5.69 Å². The highest BCUT2D eigenvalue weighted by Gasteiger charge is 2.22. The maximum atomic E-state index is 11.0. The Hall–Kier alpha value is -1.92. The normalized spacial score (nSPS) is 12.4. The molecule has 0 radical (unpaired) electrons. The van der Waals surface area contributed by atoms with E-state index >= 15 is 0 Å². The van der Waals surface area contributed by atoms with Crippen LogP contribution in [0.15, 0.2) is 28.8 Å². The van der Waals surface area contributed by atoms with Crippen LogP contribution < -0.4 is 5.32 Å². The molecule has 2 rings (SSSR count). The van der Waals surface area contributed by atoms with E-state index in [9.17, 15) is 10.1 Å². The number of nitrogens with one attached hydrogen (secondary N) is 1. The standard InChI is InChI=1S/C12H12ClN3O3/c1-7(14-2)12-15-6-10(19-12)11-8(13)4-3-5-9(11)16(17)18/h3-7,14H,1-2H3. The molecular weight excluding hydrogens is 270 g/mol. The van der Waals surface area contributed by atoms with Gasteiger partial charge in [-0.1, -0.05) is 17.7 Å². The van der Waals surface area contributed by atoms with Crippen LogP contribution in [0.4, 0.5) is 5.69 Å². The Balaban J connectivity index is 2.53. The van der Waals surface area contributed by atoms with Crippen molar-refractivity contribution in [3.05, 3.63) is 45.4 Å². The van der Waals surface area contributed by atoms with Gasteiger partial charge in [0, 0.05) is 6.07 Å². The lowest BCUT2D eigenvalue weighted by Gasteiger charge is -2.04. The monoisotopic (exact) mass is 281 g/mol. The maximum Gasteiger partial charge on any atom is 0.281 e. The first-order valence-corrected chi connectivity index (χ1v) is 5.98. The quantitative estimate of drug-likeness (QED) is 0.687. The highest BCUT2D eigenvalue weighted by atomic mass is 35.5. The van der Waals surface area contributed by atoms with Gasteiger partial charge in [-0.25, -0.2) is 4.98 Å². The summed E-state index contributed by atoms with van der Waals surface area (Å²) in [4.78, 5) is 14.6. The molecule has 0 aliphatic rings. The third-order valence-corrected chi connectivity index (χ3v) is 3.08. The fourth-order valence-electron chi connectivity index (χ4n) is 1.64. The van der Waals surface area contributed by atoms with Crippen molar-refractivity contribution in [3.63, 3.8) is 0 Å². The lowest BCUT2D eigenvalue weighted by molar-refractivity contribution is -0.384. The summed E-state index contributed by atoms with van der Waals surface area (Å²) < 4.78 is 5.53. The smallest absolute Gasteiger partial charge is 0.281 e. The van der Waals surface area contributed by atoms with E-state index in [1.54, 1.807) is 13.1 Å². The molecule has 19 heavy (non-hydrogen) atoms. The van der Waals surface area contributed by atoms with Crippen LogP contribution in [0.1, 0.15) is 18.9 Å². The Morgan fingerprint density at radius 3 is 2.89 bits per heavy atom. The van der Waals surface area contributed by atoms with Crippen molar-refractivity contribution in [2.75, 3.05) is 7.05 Å². The SMILES string of the molecule is CNC(C)c1ncc(-c2c(Cl)cccc2[N+](=O)[O-])o1. The van der Waals surface area contributed by atoms with Crippen molar-refractivity contribution < 1.29 is 9.34 Å². The lowest BCUT2D eigenvalue weighted by Crippen LogP contribution is -2.12. The van der Waals surface area contributed by atoms with Gasteiger partial charge >= 0.3 is 0 Å². The summed E-state index contributed by atoms with van der Waals surface area (Å²) in [6.45, 7) is 1.87. The zero-order chi connectivity index (χ0) is 14.0. The van der Waals surface area contributed by atoms with E-state index in [4.69, 9.17) is 16.0 Å². The van der Waals surface area contributed by atoms with Crippen LogP contribution in [0.25, 0.3) is 11.3 Å². The third kappa shape index (κ3) is 2.59. The molecule has 0 bridgehead atoms. The fourth-order valence-corrected chi connectivity index (χ4v) is 1.90. The van der Waals surface area contributed by atoms with Crippen LogP contribution >= 0.6 is 11.6 Å². The van der Waals surface area contributed by atoms with Crippen molar-refractivity contribution in [1.82, 2.24) is 10.3 Å². The minimum absolute atomic E-state index is 0.0877. The molecule has 0 aliphatic carbocycles. The number of rotatable bonds is 4. The maximum absolute atomic E-state index is 11.0. The molecule has 0 aliphatic heterocycles. The number of nitro benzene ring substituents is 1. The third-order valence-electron chi connectivity index (χ3n) is 2.76. The van der Waals surface area contributed by atoms with Gasteiger partial charge in [0.15, 0.2) is 5.76 Å². The molecule has 0 fully saturated rings. The van der Waals surface area contributed by atoms with Gasteiger partial charge in [0.05, 0.1) is 22.2 Å². The fraction of sp³-hybridized carbons (Fsp3) is 0.250. The molecular formula is C12H12ClN3O3. The molecule has 0 saturated heterocycles. The van der Waals surface area contributed by atoms with Crippen LogP contribution in [-0.2, 0) is 0 Å². The summed E-state index contributed by atoms with van der Waals surface area (Å²) in [6.07, 6.45) is 1.44. The van der Waals surface area contributed by atoms with Crippen molar-refractivity contribution in [2.24, 2.45) is 0 Å². The highest BCUT2D eigenvalue weighted by Crippen LogP contribution is 2.36. The number of hydrogen-bond acceptors (Lipinski definition) is 5. The van der Waals surface area contributed by atoms with E-state index in [-0.39, 0.29) is 28.1 Å². The van der Waals surface area contributed by atoms with E-state index in [1.807, 2.05) is 6.92 Å². The molecule has 1 unspecified atom stereocenters. The van der Waals surface area contributed by atoms with Gasteiger partial charge in [0.2, 0.25) is 5.89 Å². The highest BCUT2D eigenvalue weighted by molar-refractivity contribution is 6.33. The van der Waals surface area contributed by atoms with E-state index in [2.05, 4.69) is 10.3 Å². The zero-order valence-corrected chi connectivity index (χ0v) is 11.1. The van der Waals surface area contributed by atoms with Gasteiger partial charge in [-0.15, -0.1) is 0 Å². The topological polar surface area (TPSA) is 81.2 Å². The molecule has 1 aromatic heterocycles.